The molecule has 2 heterocycles. The van der Waals surface area contributed by atoms with Crippen LogP contribution < -0.4 is 5.32 Å². The number of nitrogens with zero attached hydrogens (tertiary/aromatic N) is 5. The van der Waals surface area contributed by atoms with Crippen LogP contribution in [0, 0.1) is 17.6 Å². The lowest BCUT2D eigenvalue weighted by Crippen LogP contribution is -2.11. The van der Waals surface area contributed by atoms with Gasteiger partial charge in [0.2, 0.25) is 0 Å². The monoisotopic (exact) mass is 516 g/mol. The lowest BCUT2D eigenvalue weighted by molar-refractivity contribution is -0.129. The molecule has 1 aromatic carbocycles. The van der Waals surface area contributed by atoms with Crippen molar-refractivity contribution in [3.8, 4) is 0 Å². The van der Waals surface area contributed by atoms with Crippen molar-refractivity contribution in [3.63, 3.8) is 0 Å². The van der Waals surface area contributed by atoms with Crippen molar-refractivity contribution in [2.75, 3.05) is 17.7 Å². The first-order valence-corrected chi connectivity index (χ1v) is 12.3. The van der Waals surface area contributed by atoms with Gasteiger partial charge in [-0.2, -0.15) is 13.2 Å². The Morgan fingerprint density at radius 3 is 2.34 bits per heavy atom. The molecule has 2 aliphatic carbocycles. The third-order valence-corrected chi connectivity index (χ3v) is 6.63. The normalized spacial score (nSPS) is 20.1. The number of hydrogen-bond acceptors (Lipinski definition) is 7. The molecule has 0 amide bonds. The highest BCUT2D eigenvalue weighted by molar-refractivity contribution is 7.99. The van der Waals surface area contributed by atoms with Crippen molar-refractivity contribution in [2.24, 2.45) is 5.92 Å². The Morgan fingerprint density at radius 2 is 1.77 bits per heavy atom. The van der Waals surface area contributed by atoms with Gasteiger partial charge < -0.3 is 10.4 Å². The van der Waals surface area contributed by atoms with Gasteiger partial charge in [0.05, 0.1) is 12.5 Å². The third-order valence-electron chi connectivity index (χ3n) is 5.78. The van der Waals surface area contributed by atoms with Crippen LogP contribution in [0.1, 0.15) is 44.6 Å². The number of rotatable bonds is 7. The second kappa shape index (κ2) is 11.0. The zero-order chi connectivity index (χ0) is 25.0. The van der Waals surface area contributed by atoms with Crippen LogP contribution in [0.4, 0.5) is 27.8 Å². The Labute approximate surface area is 202 Å². The molecule has 190 valence electrons. The van der Waals surface area contributed by atoms with Crippen molar-refractivity contribution in [1.29, 1.82) is 0 Å². The molecule has 0 saturated heterocycles. The molecule has 0 bridgehead atoms. The molecule has 2 fully saturated rings. The molecule has 7 nitrogen and oxygen atoms in total. The van der Waals surface area contributed by atoms with Gasteiger partial charge in [0.1, 0.15) is 0 Å². The van der Waals surface area contributed by atoms with E-state index in [2.05, 4.69) is 25.6 Å². The van der Waals surface area contributed by atoms with E-state index in [0.29, 0.717) is 28.2 Å². The molecule has 13 heteroatoms. The van der Waals surface area contributed by atoms with E-state index in [1.54, 1.807) is 4.68 Å². The number of aliphatic hydroxyl groups excluding tert-OH is 1. The summed E-state index contributed by atoms with van der Waals surface area (Å²) in [5.74, 6) is -0.948. The highest BCUT2D eigenvalue weighted by Crippen LogP contribution is 2.37. The molecule has 5 rings (SSSR count). The Hall–Kier alpha value is -2.54. The number of fused-ring (bicyclic) bond motifs is 1. The molecule has 0 radical (unpaired) electrons. The molecule has 0 aliphatic heterocycles. The van der Waals surface area contributed by atoms with Gasteiger partial charge in [-0.3, -0.25) is 0 Å². The number of halogens is 5. The first-order chi connectivity index (χ1) is 16.7. The second-order valence-corrected chi connectivity index (χ2v) is 9.68. The molecule has 2 aromatic heterocycles. The van der Waals surface area contributed by atoms with Crippen LogP contribution in [0.15, 0.2) is 29.4 Å². The molecule has 35 heavy (non-hydrogen) atoms. The predicted molar refractivity (Wildman–Crippen MR) is 121 cm³/mol. The van der Waals surface area contributed by atoms with Crippen LogP contribution >= 0.6 is 11.8 Å². The Kier molecular flexibility index (Phi) is 8.05. The summed E-state index contributed by atoms with van der Waals surface area (Å²) in [6.07, 6.45) is -0.431. The Balaban J connectivity index is 0.000000308. The molecule has 2 N–H and O–H groups in total. The quantitative estimate of drug-likeness (QED) is 0.255. The lowest BCUT2D eigenvalue weighted by Gasteiger charge is -2.12. The van der Waals surface area contributed by atoms with E-state index in [9.17, 15) is 27.1 Å². The summed E-state index contributed by atoms with van der Waals surface area (Å²) in [6.45, 7) is 0.144. The number of benzene rings is 1. The van der Waals surface area contributed by atoms with Crippen LogP contribution in [-0.2, 0) is 0 Å². The van der Waals surface area contributed by atoms with Gasteiger partial charge in [-0.05, 0) is 50.2 Å². The van der Waals surface area contributed by atoms with E-state index in [4.69, 9.17) is 0 Å². The minimum atomic E-state index is -4.20. The second-order valence-electron chi connectivity index (χ2n) is 8.62. The maximum atomic E-state index is 12.4. The lowest BCUT2D eigenvalue weighted by atomic mass is 10.1. The van der Waals surface area contributed by atoms with Gasteiger partial charge in [0.15, 0.2) is 33.8 Å². The van der Waals surface area contributed by atoms with E-state index in [1.807, 2.05) is 0 Å². The van der Waals surface area contributed by atoms with Gasteiger partial charge in [0.25, 0.3) is 0 Å². The van der Waals surface area contributed by atoms with Crippen molar-refractivity contribution in [3.05, 3.63) is 35.9 Å². The highest BCUT2D eigenvalue weighted by atomic mass is 32.2. The van der Waals surface area contributed by atoms with Gasteiger partial charge in [-0.15, -0.1) is 5.10 Å². The number of hydrogen-bond donors (Lipinski definition) is 2. The van der Waals surface area contributed by atoms with Crippen LogP contribution in [0.25, 0.3) is 11.2 Å². The Bertz CT molecular complexity index is 1120. The molecule has 2 unspecified atom stereocenters. The number of anilines is 1. The van der Waals surface area contributed by atoms with Crippen molar-refractivity contribution in [2.45, 2.75) is 61.9 Å². The van der Waals surface area contributed by atoms with Crippen LogP contribution in [-0.4, -0.2) is 54.6 Å². The summed E-state index contributed by atoms with van der Waals surface area (Å²) in [6, 6.07) is 5.46. The summed E-state index contributed by atoms with van der Waals surface area (Å²) in [5, 5.41) is 21.4. The predicted octanol–water partition coefficient (Wildman–Crippen LogP) is 5.14. The largest absolute Gasteiger partial charge is 0.396 e. The van der Waals surface area contributed by atoms with E-state index in [1.165, 1.54) is 12.1 Å². The zero-order valence-corrected chi connectivity index (χ0v) is 19.5. The van der Waals surface area contributed by atoms with E-state index in [-0.39, 0.29) is 24.3 Å². The van der Waals surface area contributed by atoms with Crippen molar-refractivity contribution >= 4 is 28.7 Å². The number of aromatic nitrogens is 5. The number of aliphatic hydroxyl groups is 1. The summed E-state index contributed by atoms with van der Waals surface area (Å²) in [7, 11) is 0. The van der Waals surface area contributed by atoms with Crippen LogP contribution in [0.5, 0.6) is 0 Å². The SMILES string of the molecule is Fc1ccccc1F.OCC1CCC(n2nnc3c(NC4CC4)nc(SCCC(F)(F)F)nc32)C1. The molecule has 3 aromatic rings. The summed E-state index contributed by atoms with van der Waals surface area (Å²) in [5.41, 5.74) is 1.10. The average molecular weight is 517 g/mol. The number of thioether (sulfide) groups is 1. The van der Waals surface area contributed by atoms with E-state index < -0.39 is 24.2 Å². The minimum absolute atomic E-state index is 0.0869. The topological polar surface area (TPSA) is 88.8 Å². The van der Waals surface area contributed by atoms with Gasteiger partial charge in [0, 0.05) is 18.4 Å². The summed E-state index contributed by atoms with van der Waals surface area (Å²) in [4.78, 5) is 8.85. The summed E-state index contributed by atoms with van der Waals surface area (Å²) >= 11 is 0.992. The minimum Gasteiger partial charge on any atom is -0.396 e. The zero-order valence-electron chi connectivity index (χ0n) is 18.7. The first-order valence-electron chi connectivity index (χ1n) is 11.3. The van der Waals surface area contributed by atoms with E-state index >= 15 is 0 Å². The van der Waals surface area contributed by atoms with Gasteiger partial charge >= 0.3 is 6.18 Å². The van der Waals surface area contributed by atoms with Gasteiger partial charge in [-0.25, -0.2) is 23.4 Å². The van der Waals surface area contributed by atoms with Gasteiger partial charge in [-0.1, -0.05) is 29.1 Å². The maximum Gasteiger partial charge on any atom is 0.389 e. The fourth-order valence-electron chi connectivity index (χ4n) is 3.78. The Morgan fingerprint density at radius 1 is 1.06 bits per heavy atom. The molecule has 0 spiro atoms. The maximum absolute atomic E-state index is 12.4. The van der Waals surface area contributed by atoms with Crippen molar-refractivity contribution < 1.29 is 27.1 Å². The molecule has 2 aliphatic rings. The third kappa shape index (κ3) is 7.00. The summed E-state index contributed by atoms with van der Waals surface area (Å²) < 4.78 is 63.0. The molecular formula is C22H25F5N6OS. The molecular weight excluding hydrogens is 491 g/mol. The fourth-order valence-corrected chi connectivity index (χ4v) is 4.60. The number of nitrogens with one attached hydrogen (secondary N) is 1. The smallest absolute Gasteiger partial charge is 0.389 e. The van der Waals surface area contributed by atoms with E-state index in [0.717, 1.165) is 56.0 Å². The number of alkyl halides is 3. The average Bonchev–Trinajstić information content (AvgIpc) is 3.32. The fraction of sp³-hybridized carbons (Fsp3) is 0.545. The first kappa shape index (κ1) is 25.5. The standard InChI is InChI=1S/C16H21F3N6OS.C6H4F2/c17-16(18,19)5-6-27-15-21-13(20-10-2-3-10)12-14(22-15)25(24-23-12)11-4-1-9(7-11)8-26;7-5-3-1-2-4-6(5)8/h9-11,26H,1-8H2,(H,20,21,22);1-4H. The highest BCUT2D eigenvalue weighted by Gasteiger charge is 2.31. The van der Waals surface area contributed by atoms with Crippen LogP contribution in [0.3, 0.4) is 0 Å². The molecule has 2 atom stereocenters. The van der Waals surface area contributed by atoms with Crippen molar-refractivity contribution in [1.82, 2.24) is 25.0 Å². The van der Waals surface area contributed by atoms with Crippen LogP contribution in [0.2, 0.25) is 0 Å². The molecule has 2 saturated carbocycles.